The minimum Gasteiger partial charge on any atom is -0.280 e. The molecule has 0 radical (unpaired) electrons. The monoisotopic (exact) mass is 408 g/mol. The van der Waals surface area contributed by atoms with Crippen LogP contribution in [0.1, 0.15) is 29.5 Å². The molecule has 0 spiro atoms. The molecule has 6 nitrogen and oxygen atoms in total. The molecule has 0 aromatic heterocycles. The van der Waals surface area contributed by atoms with Crippen LogP contribution in [0.25, 0.3) is 0 Å². The maximum Gasteiger partial charge on any atom is 0.262 e. The van der Waals surface area contributed by atoms with Gasteiger partial charge in [0, 0.05) is 12.2 Å². The van der Waals surface area contributed by atoms with E-state index < -0.39 is 20.0 Å². The van der Waals surface area contributed by atoms with Gasteiger partial charge in [-0.05, 0) is 69.0 Å². The SMILES string of the molecule is Cc1ccc(NS(=O)(=O)c2cc(C)c(N3CCCCS3(=O)=O)cc2C)cc1. The molecule has 1 aliphatic rings. The van der Waals surface area contributed by atoms with Crippen molar-refractivity contribution in [2.45, 2.75) is 38.5 Å². The summed E-state index contributed by atoms with van der Waals surface area (Å²) in [6.45, 7) is 5.78. The van der Waals surface area contributed by atoms with Crippen molar-refractivity contribution in [3.8, 4) is 0 Å². The number of aryl methyl sites for hydroxylation is 3. The van der Waals surface area contributed by atoms with E-state index in [2.05, 4.69) is 4.72 Å². The summed E-state index contributed by atoms with van der Waals surface area (Å²) in [7, 11) is -7.12. The Morgan fingerprint density at radius 3 is 2.26 bits per heavy atom. The Bertz CT molecular complexity index is 1060. The van der Waals surface area contributed by atoms with Crippen LogP contribution in [0, 0.1) is 20.8 Å². The summed E-state index contributed by atoms with van der Waals surface area (Å²) >= 11 is 0. The van der Waals surface area contributed by atoms with Gasteiger partial charge in [0.25, 0.3) is 10.0 Å². The van der Waals surface area contributed by atoms with Gasteiger partial charge < -0.3 is 0 Å². The van der Waals surface area contributed by atoms with Crippen molar-refractivity contribution in [2.24, 2.45) is 0 Å². The fourth-order valence-corrected chi connectivity index (χ4v) is 6.29. The molecular weight excluding hydrogens is 384 g/mol. The molecule has 0 saturated carbocycles. The van der Waals surface area contributed by atoms with Gasteiger partial charge in [0.1, 0.15) is 0 Å². The van der Waals surface area contributed by atoms with Crippen LogP contribution in [0.2, 0.25) is 0 Å². The number of hydrogen-bond donors (Lipinski definition) is 1. The molecule has 1 heterocycles. The highest BCUT2D eigenvalue weighted by Crippen LogP contribution is 2.31. The van der Waals surface area contributed by atoms with Gasteiger partial charge >= 0.3 is 0 Å². The van der Waals surface area contributed by atoms with Crippen LogP contribution in [0.15, 0.2) is 41.3 Å². The summed E-state index contributed by atoms with van der Waals surface area (Å²) in [5.74, 6) is 0.126. The standard InChI is InChI=1S/C19H24N2O4S2/c1-14-6-8-17(9-7-14)20-27(24,25)19-13-15(2)18(12-16(19)3)21-10-4-5-11-26(21,22)23/h6-9,12-13,20H,4-5,10-11H2,1-3H3. The maximum atomic E-state index is 12.8. The number of hydrogen-bond acceptors (Lipinski definition) is 4. The molecule has 0 unspecified atom stereocenters. The number of anilines is 2. The third-order valence-electron chi connectivity index (χ3n) is 4.70. The molecule has 0 bridgehead atoms. The van der Waals surface area contributed by atoms with Gasteiger partial charge in [-0.3, -0.25) is 9.03 Å². The van der Waals surface area contributed by atoms with E-state index >= 15 is 0 Å². The molecular formula is C19H24N2O4S2. The van der Waals surface area contributed by atoms with Crippen molar-refractivity contribution in [1.82, 2.24) is 0 Å². The summed E-state index contributed by atoms with van der Waals surface area (Å²) in [5.41, 5.74) is 3.21. The molecule has 2 aromatic rings. The minimum atomic E-state index is -3.77. The van der Waals surface area contributed by atoms with E-state index in [1.807, 2.05) is 19.1 Å². The second-order valence-electron chi connectivity index (χ2n) is 6.97. The molecule has 1 saturated heterocycles. The smallest absolute Gasteiger partial charge is 0.262 e. The van der Waals surface area contributed by atoms with E-state index in [9.17, 15) is 16.8 Å². The first-order valence-corrected chi connectivity index (χ1v) is 11.9. The van der Waals surface area contributed by atoms with E-state index in [0.717, 1.165) is 12.0 Å². The molecule has 1 aliphatic heterocycles. The first-order valence-electron chi connectivity index (χ1n) is 8.81. The minimum absolute atomic E-state index is 0.126. The zero-order valence-electron chi connectivity index (χ0n) is 15.7. The average molecular weight is 409 g/mol. The van der Waals surface area contributed by atoms with Crippen molar-refractivity contribution >= 4 is 31.4 Å². The zero-order chi connectivity index (χ0) is 19.8. The molecule has 8 heteroatoms. The summed E-state index contributed by atoms with van der Waals surface area (Å²) in [5, 5.41) is 0. The normalized spacial score (nSPS) is 16.9. The summed E-state index contributed by atoms with van der Waals surface area (Å²) in [4.78, 5) is 0.152. The lowest BCUT2D eigenvalue weighted by molar-refractivity contribution is 0.574. The molecule has 146 valence electrons. The zero-order valence-corrected chi connectivity index (χ0v) is 17.3. The third-order valence-corrected chi connectivity index (χ3v) is 8.08. The Balaban J connectivity index is 1.98. The van der Waals surface area contributed by atoms with Crippen LogP contribution in [0.3, 0.4) is 0 Å². The van der Waals surface area contributed by atoms with Crippen molar-refractivity contribution in [3.05, 3.63) is 53.1 Å². The number of sulfonamides is 2. The molecule has 3 rings (SSSR count). The maximum absolute atomic E-state index is 12.8. The van der Waals surface area contributed by atoms with Crippen molar-refractivity contribution in [3.63, 3.8) is 0 Å². The Hall–Kier alpha value is -2.06. The summed E-state index contributed by atoms with van der Waals surface area (Å²) in [6.07, 6.45) is 1.45. The Labute approximate surface area is 161 Å². The molecule has 1 N–H and O–H groups in total. The molecule has 0 amide bonds. The Kier molecular flexibility index (Phi) is 5.22. The molecule has 27 heavy (non-hydrogen) atoms. The second-order valence-corrected chi connectivity index (χ2v) is 10.6. The van der Waals surface area contributed by atoms with Gasteiger partial charge in [0.05, 0.1) is 16.3 Å². The van der Waals surface area contributed by atoms with E-state index in [1.54, 1.807) is 38.1 Å². The average Bonchev–Trinajstić information content (AvgIpc) is 2.58. The number of nitrogens with zero attached hydrogens (tertiary/aromatic N) is 1. The molecule has 0 atom stereocenters. The van der Waals surface area contributed by atoms with E-state index in [1.165, 1.54) is 4.31 Å². The number of nitrogens with one attached hydrogen (secondary N) is 1. The van der Waals surface area contributed by atoms with Crippen molar-refractivity contribution in [2.75, 3.05) is 21.3 Å². The van der Waals surface area contributed by atoms with Crippen LogP contribution in [-0.4, -0.2) is 29.1 Å². The number of benzene rings is 2. The van der Waals surface area contributed by atoms with Crippen LogP contribution in [0.5, 0.6) is 0 Å². The summed E-state index contributed by atoms with van der Waals surface area (Å²) < 4.78 is 54.4. The van der Waals surface area contributed by atoms with E-state index in [-0.39, 0.29) is 10.6 Å². The van der Waals surface area contributed by atoms with Crippen LogP contribution in [0.4, 0.5) is 11.4 Å². The quantitative estimate of drug-likeness (QED) is 0.841. The predicted molar refractivity (Wildman–Crippen MR) is 108 cm³/mol. The van der Waals surface area contributed by atoms with Crippen molar-refractivity contribution < 1.29 is 16.8 Å². The lowest BCUT2D eigenvalue weighted by atomic mass is 10.1. The first-order chi connectivity index (χ1) is 12.6. The van der Waals surface area contributed by atoms with Gasteiger partial charge in [0.15, 0.2) is 0 Å². The van der Waals surface area contributed by atoms with Gasteiger partial charge in [-0.15, -0.1) is 0 Å². The lowest BCUT2D eigenvalue weighted by Crippen LogP contribution is -2.38. The second kappa shape index (κ2) is 7.16. The predicted octanol–water partition coefficient (Wildman–Crippen LogP) is 3.34. The van der Waals surface area contributed by atoms with Gasteiger partial charge in [-0.1, -0.05) is 17.7 Å². The van der Waals surface area contributed by atoms with E-state index in [0.29, 0.717) is 35.5 Å². The molecule has 0 aliphatic carbocycles. The van der Waals surface area contributed by atoms with Crippen LogP contribution >= 0.6 is 0 Å². The lowest BCUT2D eigenvalue weighted by Gasteiger charge is -2.30. The highest BCUT2D eigenvalue weighted by atomic mass is 32.2. The van der Waals surface area contributed by atoms with Crippen LogP contribution in [-0.2, 0) is 20.0 Å². The van der Waals surface area contributed by atoms with Crippen molar-refractivity contribution in [1.29, 1.82) is 0 Å². The third kappa shape index (κ3) is 4.11. The van der Waals surface area contributed by atoms with Crippen LogP contribution < -0.4 is 9.03 Å². The Morgan fingerprint density at radius 2 is 1.63 bits per heavy atom. The largest absolute Gasteiger partial charge is 0.280 e. The van der Waals surface area contributed by atoms with Gasteiger partial charge in [-0.25, -0.2) is 16.8 Å². The fraction of sp³-hybridized carbons (Fsp3) is 0.368. The molecule has 2 aromatic carbocycles. The highest BCUT2D eigenvalue weighted by molar-refractivity contribution is 7.93. The Morgan fingerprint density at radius 1 is 0.963 bits per heavy atom. The number of rotatable bonds is 4. The highest BCUT2D eigenvalue weighted by Gasteiger charge is 2.28. The van der Waals surface area contributed by atoms with Gasteiger partial charge in [-0.2, -0.15) is 0 Å². The first kappa shape index (κ1) is 19.7. The molecule has 1 fully saturated rings. The van der Waals surface area contributed by atoms with E-state index in [4.69, 9.17) is 0 Å². The van der Waals surface area contributed by atoms with Gasteiger partial charge in [0.2, 0.25) is 10.0 Å². The summed E-state index contributed by atoms with van der Waals surface area (Å²) in [6, 6.07) is 10.3. The fourth-order valence-electron chi connectivity index (χ4n) is 3.22. The topological polar surface area (TPSA) is 83.6 Å².